The molecular formula is C20H30F6O2. The maximum atomic E-state index is 12.6. The first kappa shape index (κ1) is 22.2. The first-order valence-electron chi connectivity index (χ1n) is 10.4. The molecule has 3 aliphatic rings. The van der Waals surface area contributed by atoms with Crippen LogP contribution in [0, 0.1) is 17.3 Å². The van der Waals surface area contributed by atoms with Crippen LogP contribution in [0.3, 0.4) is 0 Å². The van der Waals surface area contributed by atoms with Gasteiger partial charge in [0.15, 0.2) is 0 Å². The standard InChI is InChI=1S/C20H30F6O2/c21-19(22,23)12-27-16-7-6-15(10-16)18(14-4-2-1-3-5-14)9-8-17(11-18)28-13-20(24,25)26/h14-17H,1-13H2. The molecule has 0 heterocycles. The third-order valence-corrected chi connectivity index (χ3v) is 7.12. The van der Waals surface area contributed by atoms with Crippen LogP contribution in [0.15, 0.2) is 0 Å². The number of hydrogen-bond donors (Lipinski definition) is 0. The smallest absolute Gasteiger partial charge is 0.369 e. The average Bonchev–Trinajstić information content (AvgIpc) is 3.26. The molecule has 28 heavy (non-hydrogen) atoms. The molecule has 0 bridgehead atoms. The van der Waals surface area contributed by atoms with Crippen molar-refractivity contribution in [2.75, 3.05) is 13.2 Å². The highest BCUT2D eigenvalue weighted by molar-refractivity contribution is 5.02. The van der Waals surface area contributed by atoms with Crippen molar-refractivity contribution in [2.24, 2.45) is 17.3 Å². The van der Waals surface area contributed by atoms with Crippen molar-refractivity contribution >= 4 is 0 Å². The molecule has 4 unspecified atom stereocenters. The molecule has 8 heteroatoms. The molecule has 0 radical (unpaired) electrons. The van der Waals surface area contributed by atoms with E-state index in [4.69, 9.17) is 9.47 Å². The van der Waals surface area contributed by atoms with E-state index in [0.717, 1.165) is 38.5 Å². The molecular weight excluding hydrogens is 386 g/mol. The summed E-state index contributed by atoms with van der Waals surface area (Å²) < 4.78 is 85.4. The minimum atomic E-state index is -4.33. The van der Waals surface area contributed by atoms with Crippen molar-refractivity contribution in [2.45, 2.75) is 95.2 Å². The number of ether oxygens (including phenoxy) is 2. The van der Waals surface area contributed by atoms with Gasteiger partial charge in [0.1, 0.15) is 13.2 Å². The molecule has 3 aliphatic carbocycles. The minimum absolute atomic E-state index is 0.104. The zero-order valence-corrected chi connectivity index (χ0v) is 16.1. The Kier molecular flexibility index (Phi) is 6.90. The first-order valence-corrected chi connectivity index (χ1v) is 10.4. The monoisotopic (exact) mass is 416 g/mol. The van der Waals surface area contributed by atoms with Gasteiger partial charge in [0.2, 0.25) is 0 Å². The summed E-state index contributed by atoms with van der Waals surface area (Å²) in [6.07, 6.45) is 0.104. The van der Waals surface area contributed by atoms with Gasteiger partial charge in [-0.2, -0.15) is 26.3 Å². The fraction of sp³-hybridized carbons (Fsp3) is 1.00. The summed E-state index contributed by atoms with van der Waals surface area (Å²) in [4.78, 5) is 0. The van der Waals surface area contributed by atoms with Crippen molar-refractivity contribution in [3.05, 3.63) is 0 Å². The molecule has 2 nitrogen and oxygen atoms in total. The number of halogens is 6. The Morgan fingerprint density at radius 3 is 1.89 bits per heavy atom. The second-order valence-electron chi connectivity index (χ2n) is 8.92. The second-order valence-corrected chi connectivity index (χ2v) is 8.92. The summed E-state index contributed by atoms with van der Waals surface area (Å²) in [7, 11) is 0. The SMILES string of the molecule is FC(F)(F)COC1CCC(C2(C3CCCCC3)CCC(OCC(F)(F)F)C2)C1. The van der Waals surface area contributed by atoms with Gasteiger partial charge in [-0.25, -0.2) is 0 Å². The van der Waals surface area contributed by atoms with Crippen LogP contribution in [-0.4, -0.2) is 37.8 Å². The van der Waals surface area contributed by atoms with E-state index in [0.29, 0.717) is 31.6 Å². The Balaban J connectivity index is 1.65. The van der Waals surface area contributed by atoms with Gasteiger partial charge < -0.3 is 9.47 Å². The normalized spacial score (nSPS) is 35.6. The maximum Gasteiger partial charge on any atom is 0.411 e. The number of alkyl halides is 6. The predicted octanol–water partition coefficient (Wildman–Crippen LogP) is 6.43. The molecule has 4 atom stereocenters. The van der Waals surface area contributed by atoms with Crippen LogP contribution in [-0.2, 0) is 9.47 Å². The van der Waals surface area contributed by atoms with Crippen LogP contribution in [0.2, 0.25) is 0 Å². The fourth-order valence-electron chi connectivity index (χ4n) is 5.99. The summed E-state index contributed by atoms with van der Waals surface area (Å²) >= 11 is 0. The van der Waals surface area contributed by atoms with Crippen molar-refractivity contribution in [3.63, 3.8) is 0 Å². The molecule has 0 N–H and O–H groups in total. The van der Waals surface area contributed by atoms with Gasteiger partial charge in [0.25, 0.3) is 0 Å². The van der Waals surface area contributed by atoms with E-state index < -0.39 is 37.8 Å². The van der Waals surface area contributed by atoms with E-state index in [1.165, 1.54) is 6.42 Å². The molecule has 164 valence electrons. The van der Waals surface area contributed by atoms with Crippen LogP contribution in [0.4, 0.5) is 26.3 Å². The Morgan fingerprint density at radius 2 is 1.29 bits per heavy atom. The third kappa shape index (κ3) is 5.77. The van der Waals surface area contributed by atoms with E-state index in [-0.39, 0.29) is 11.3 Å². The molecule has 0 amide bonds. The minimum Gasteiger partial charge on any atom is -0.369 e. The van der Waals surface area contributed by atoms with Crippen molar-refractivity contribution in [1.29, 1.82) is 0 Å². The fourth-order valence-corrected chi connectivity index (χ4v) is 5.99. The lowest BCUT2D eigenvalue weighted by atomic mass is 9.60. The number of rotatable bonds is 6. The van der Waals surface area contributed by atoms with Crippen molar-refractivity contribution in [3.8, 4) is 0 Å². The first-order chi connectivity index (χ1) is 13.1. The van der Waals surface area contributed by atoms with E-state index in [2.05, 4.69) is 0 Å². The molecule has 0 aromatic heterocycles. The highest BCUT2D eigenvalue weighted by Crippen LogP contribution is 2.59. The van der Waals surface area contributed by atoms with Gasteiger partial charge in [-0.15, -0.1) is 0 Å². The van der Waals surface area contributed by atoms with Gasteiger partial charge >= 0.3 is 12.4 Å². The topological polar surface area (TPSA) is 18.5 Å². The summed E-state index contributed by atoms with van der Waals surface area (Å²) in [5.74, 6) is 0.653. The quantitative estimate of drug-likeness (QED) is 0.465. The lowest BCUT2D eigenvalue weighted by Gasteiger charge is -2.45. The second kappa shape index (κ2) is 8.70. The van der Waals surface area contributed by atoms with Crippen LogP contribution in [0.1, 0.15) is 70.6 Å². The average molecular weight is 416 g/mol. The van der Waals surface area contributed by atoms with E-state index in [1.807, 2.05) is 0 Å². The van der Waals surface area contributed by atoms with Crippen LogP contribution in [0.5, 0.6) is 0 Å². The lowest BCUT2D eigenvalue weighted by Crippen LogP contribution is -2.37. The van der Waals surface area contributed by atoms with Crippen LogP contribution >= 0.6 is 0 Å². The van der Waals surface area contributed by atoms with Crippen LogP contribution in [0.25, 0.3) is 0 Å². The zero-order chi connectivity index (χ0) is 20.4. The van der Waals surface area contributed by atoms with Crippen LogP contribution < -0.4 is 0 Å². The Morgan fingerprint density at radius 1 is 0.679 bits per heavy atom. The Labute approximate surface area is 162 Å². The van der Waals surface area contributed by atoms with Crippen molar-refractivity contribution < 1.29 is 35.8 Å². The molecule has 0 aliphatic heterocycles. The molecule has 0 aromatic rings. The molecule has 3 rings (SSSR count). The third-order valence-electron chi connectivity index (χ3n) is 7.12. The molecule has 3 saturated carbocycles. The predicted molar refractivity (Wildman–Crippen MR) is 91.8 cm³/mol. The van der Waals surface area contributed by atoms with Gasteiger partial charge in [0, 0.05) is 0 Å². The van der Waals surface area contributed by atoms with Gasteiger partial charge in [0.05, 0.1) is 12.2 Å². The summed E-state index contributed by atoms with van der Waals surface area (Å²) in [6.45, 7) is -2.45. The lowest BCUT2D eigenvalue weighted by molar-refractivity contribution is -0.187. The highest BCUT2D eigenvalue weighted by atomic mass is 19.4. The Bertz CT molecular complexity index is 500. The van der Waals surface area contributed by atoms with E-state index in [1.54, 1.807) is 0 Å². The van der Waals surface area contributed by atoms with Gasteiger partial charge in [-0.1, -0.05) is 19.3 Å². The molecule has 0 spiro atoms. The van der Waals surface area contributed by atoms with Gasteiger partial charge in [-0.05, 0) is 68.6 Å². The van der Waals surface area contributed by atoms with E-state index >= 15 is 0 Å². The highest BCUT2D eigenvalue weighted by Gasteiger charge is 2.52. The maximum absolute atomic E-state index is 12.6. The molecule has 3 fully saturated rings. The van der Waals surface area contributed by atoms with Crippen molar-refractivity contribution in [1.82, 2.24) is 0 Å². The molecule has 0 aromatic carbocycles. The van der Waals surface area contributed by atoms with Gasteiger partial charge in [-0.3, -0.25) is 0 Å². The number of hydrogen-bond acceptors (Lipinski definition) is 2. The molecule has 0 saturated heterocycles. The zero-order valence-electron chi connectivity index (χ0n) is 16.1. The summed E-state index contributed by atoms with van der Waals surface area (Å²) in [6, 6.07) is 0. The van der Waals surface area contributed by atoms with E-state index in [9.17, 15) is 26.3 Å². The summed E-state index contributed by atoms with van der Waals surface area (Å²) in [5, 5.41) is 0. The summed E-state index contributed by atoms with van der Waals surface area (Å²) in [5.41, 5.74) is -0.104. The Hall–Kier alpha value is -0.500. The largest absolute Gasteiger partial charge is 0.411 e.